The Labute approximate surface area is 130 Å². The summed E-state index contributed by atoms with van der Waals surface area (Å²) in [5, 5.41) is 9.25. The van der Waals surface area contributed by atoms with Crippen molar-refractivity contribution in [3.05, 3.63) is 18.2 Å². The van der Waals surface area contributed by atoms with E-state index in [0.29, 0.717) is 6.42 Å². The molecule has 0 heterocycles. The van der Waals surface area contributed by atoms with Crippen molar-refractivity contribution >= 4 is 16.0 Å². The second-order valence-electron chi connectivity index (χ2n) is 4.81. The molecule has 1 aromatic carbocycles. The average molecular weight is 331 g/mol. The Morgan fingerprint density at radius 3 is 2.14 bits per heavy atom. The molecule has 0 aromatic heterocycles. The zero-order chi connectivity index (χ0) is 16.9. The minimum Gasteiger partial charge on any atom is -0.495 e. The molecule has 22 heavy (non-hydrogen) atoms. The van der Waals surface area contributed by atoms with Crippen LogP contribution in [0.4, 0.5) is 0 Å². The summed E-state index contributed by atoms with van der Waals surface area (Å²) < 4.78 is 37.5. The average Bonchev–Trinajstić information content (AvgIpc) is 2.50. The van der Waals surface area contributed by atoms with Gasteiger partial charge in [-0.1, -0.05) is 26.3 Å². The predicted molar refractivity (Wildman–Crippen MR) is 80.7 cm³/mol. The maximum Gasteiger partial charge on any atom is 0.322 e. The van der Waals surface area contributed by atoms with Gasteiger partial charge in [-0.05, 0) is 18.1 Å². The molecule has 1 rings (SSSR count). The minimum absolute atomic E-state index is 0.0835. The van der Waals surface area contributed by atoms with Gasteiger partial charge < -0.3 is 14.6 Å². The Morgan fingerprint density at radius 2 is 1.77 bits per heavy atom. The molecule has 0 bridgehead atoms. The van der Waals surface area contributed by atoms with Crippen molar-refractivity contribution < 1.29 is 27.8 Å². The van der Waals surface area contributed by atoms with Crippen LogP contribution in [0.15, 0.2) is 23.1 Å². The van der Waals surface area contributed by atoms with Crippen molar-refractivity contribution in [2.24, 2.45) is 5.92 Å². The molecule has 0 aliphatic heterocycles. The van der Waals surface area contributed by atoms with E-state index in [0.717, 1.165) is 0 Å². The normalized spacial score (nSPS) is 14.2. The lowest BCUT2D eigenvalue weighted by atomic mass is 10.0. The van der Waals surface area contributed by atoms with Gasteiger partial charge in [-0.15, -0.1) is 0 Å². The second kappa shape index (κ2) is 7.46. The van der Waals surface area contributed by atoms with Gasteiger partial charge in [-0.25, -0.2) is 8.42 Å². The van der Waals surface area contributed by atoms with E-state index >= 15 is 0 Å². The van der Waals surface area contributed by atoms with Crippen LogP contribution in [0.3, 0.4) is 0 Å². The lowest BCUT2D eigenvalue weighted by Gasteiger charge is -2.21. The lowest BCUT2D eigenvalue weighted by Crippen LogP contribution is -2.45. The Morgan fingerprint density at radius 1 is 1.27 bits per heavy atom. The molecule has 2 N–H and O–H groups in total. The topological polar surface area (TPSA) is 102 Å². The molecule has 0 saturated heterocycles. The highest BCUT2D eigenvalue weighted by Crippen LogP contribution is 2.33. The van der Waals surface area contributed by atoms with Crippen LogP contribution in [0.5, 0.6) is 11.5 Å². The standard InChI is InChI=1S/C14H21NO6S/c1-5-9(2)12(14(16)17)15-22(18,19)13-10(20-3)7-6-8-11(13)21-4/h6-9,12,15H,5H2,1-4H3,(H,16,17)/t9-,12-/m0/s1. The first kappa shape index (κ1) is 18.2. The summed E-state index contributed by atoms with van der Waals surface area (Å²) in [6, 6.07) is 3.29. The van der Waals surface area contributed by atoms with Crippen molar-refractivity contribution in [3.8, 4) is 11.5 Å². The van der Waals surface area contributed by atoms with Gasteiger partial charge in [0, 0.05) is 0 Å². The quantitative estimate of drug-likeness (QED) is 0.748. The first-order valence-corrected chi connectivity index (χ1v) is 8.22. The summed E-state index contributed by atoms with van der Waals surface area (Å²) in [5.41, 5.74) is 0. The summed E-state index contributed by atoms with van der Waals surface area (Å²) in [4.78, 5) is 11.1. The van der Waals surface area contributed by atoms with Crippen molar-refractivity contribution in [2.75, 3.05) is 14.2 Å². The van der Waals surface area contributed by atoms with Crippen LogP contribution in [0.2, 0.25) is 0 Å². The third-order valence-electron chi connectivity index (χ3n) is 3.41. The van der Waals surface area contributed by atoms with Crippen molar-refractivity contribution in [3.63, 3.8) is 0 Å². The molecule has 0 unspecified atom stereocenters. The summed E-state index contributed by atoms with van der Waals surface area (Å²) in [7, 11) is -1.46. The van der Waals surface area contributed by atoms with Gasteiger partial charge in [-0.3, -0.25) is 4.79 Å². The maximum atomic E-state index is 12.6. The number of carbonyl (C=O) groups is 1. The van der Waals surface area contributed by atoms with Crippen molar-refractivity contribution in [1.29, 1.82) is 0 Å². The number of methoxy groups -OCH3 is 2. The number of benzene rings is 1. The van der Waals surface area contributed by atoms with Gasteiger partial charge in [-0.2, -0.15) is 4.72 Å². The Bertz CT molecular complexity index is 606. The number of ether oxygens (including phenoxy) is 2. The molecule has 0 aliphatic carbocycles. The Kier molecular flexibility index (Phi) is 6.19. The van der Waals surface area contributed by atoms with Crippen LogP contribution in [0.25, 0.3) is 0 Å². The van der Waals surface area contributed by atoms with Gasteiger partial charge in [0.2, 0.25) is 10.0 Å². The van der Waals surface area contributed by atoms with Crippen LogP contribution >= 0.6 is 0 Å². The summed E-state index contributed by atoms with van der Waals surface area (Å²) in [6.07, 6.45) is 0.516. The molecule has 0 saturated carbocycles. The fourth-order valence-corrected chi connectivity index (χ4v) is 3.57. The molecule has 0 aliphatic rings. The van der Waals surface area contributed by atoms with Crippen molar-refractivity contribution in [2.45, 2.75) is 31.2 Å². The number of nitrogens with one attached hydrogen (secondary N) is 1. The highest BCUT2D eigenvalue weighted by atomic mass is 32.2. The third kappa shape index (κ3) is 3.89. The number of rotatable bonds is 8. The fraction of sp³-hybridized carbons (Fsp3) is 0.500. The molecule has 2 atom stereocenters. The van der Waals surface area contributed by atoms with Gasteiger partial charge in [0.25, 0.3) is 0 Å². The van der Waals surface area contributed by atoms with Crippen LogP contribution in [0.1, 0.15) is 20.3 Å². The summed E-state index contributed by atoms with van der Waals surface area (Å²) in [5.74, 6) is -1.43. The van der Waals surface area contributed by atoms with E-state index in [1.807, 2.05) is 0 Å². The number of sulfonamides is 1. The van der Waals surface area contributed by atoms with Crippen LogP contribution in [-0.4, -0.2) is 39.8 Å². The summed E-state index contributed by atoms with van der Waals surface area (Å²) >= 11 is 0. The molecule has 0 spiro atoms. The Balaban J connectivity index is 3.32. The van der Waals surface area contributed by atoms with E-state index in [1.165, 1.54) is 26.4 Å². The molecule has 7 nitrogen and oxygen atoms in total. The molecule has 0 radical (unpaired) electrons. The second-order valence-corrected chi connectivity index (χ2v) is 6.47. The lowest BCUT2D eigenvalue weighted by molar-refractivity contribution is -0.140. The van der Waals surface area contributed by atoms with E-state index in [-0.39, 0.29) is 22.3 Å². The number of aliphatic carboxylic acids is 1. The zero-order valence-electron chi connectivity index (χ0n) is 13.0. The van der Waals surface area contributed by atoms with Gasteiger partial charge in [0.1, 0.15) is 17.5 Å². The molecule has 1 aromatic rings. The largest absolute Gasteiger partial charge is 0.495 e. The first-order chi connectivity index (χ1) is 10.3. The highest BCUT2D eigenvalue weighted by Gasteiger charge is 2.32. The first-order valence-electron chi connectivity index (χ1n) is 6.74. The fourth-order valence-electron chi connectivity index (χ4n) is 1.95. The number of hydrogen-bond donors (Lipinski definition) is 2. The smallest absolute Gasteiger partial charge is 0.322 e. The van der Waals surface area contributed by atoms with E-state index in [4.69, 9.17) is 9.47 Å². The molecular formula is C14H21NO6S. The van der Waals surface area contributed by atoms with E-state index in [2.05, 4.69) is 4.72 Å². The minimum atomic E-state index is -4.13. The molecular weight excluding hydrogens is 310 g/mol. The number of carboxylic acids is 1. The van der Waals surface area contributed by atoms with E-state index < -0.39 is 22.0 Å². The molecule has 0 fully saturated rings. The number of hydrogen-bond acceptors (Lipinski definition) is 5. The summed E-state index contributed by atoms with van der Waals surface area (Å²) in [6.45, 7) is 3.46. The van der Waals surface area contributed by atoms with E-state index in [1.54, 1.807) is 19.9 Å². The Hall–Kier alpha value is -1.80. The van der Waals surface area contributed by atoms with Gasteiger partial charge in [0.05, 0.1) is 14.2 Å². The van der Waals surface area contributed by atoms with Crippen molar-refractivity contribution in [1.82, 2.24) is 4.72 Å². The van der Waals surface area contributed by atoms with Crippen LogP contribution in [0, 0.1) is 5.92 Å². The molecule has 8 heteroatoms. The maximum absolute atomic E-state index is 12.6. The van der Waals surface area contributed by atoms with Gasteiger partial charge >= 0.3 is 5.97 Å². The van der Waals surface area contributed by atoms with E-state index in [9.17, 15) is 18.3 Å². The monoisotopic (exact) mass is 331 g/mol. The predicted octanol–water partition coefficient (Wildman–Crippen LogP) is 1.48. The number of carboxylic acid groups (broad SMARTS) is 1. The molecule has 0 amide bonds. The highest BCUT2D eigenvalue weighted by molar-refractivity contribution is 7.89. The van der Waals surface area contributed by atoms with Crippen LogP contribution < -0.4 is 14.2 Å². The van der Waals surface area contributed by atoms with Gasteiger partial charge in [0.15, 0.2) is 4.90 Å². The molecule has 124 valence electrons. The van der Waals surface area contributed by atoms with Crippen LogP contribution in [-0.2, 0) is 14.8 Å². The zero-order valence-corrected chi connectivity index (χ0v) is 13.8. The SMILES string of the molecule is CC[C@H](C)[C@H](NS(=O)(=O)c1c(OC)cccc1OC)C(=O)O. The third-order valence-corrected chi connectivity index (χ3v) is 4.92.